The first kappa shape index (κ1) is 29.8. The lowest BCUT2D eigenvalue weighted by Gasteiger charge is -2.24. The van der Waals surface area contributed by atoms with Crippen LogP contribution in [0.3, 0.4) is 0 Å². The van der Waals surface area contributed by atoms with Crippen molar-refractivity contribution >= 4 is 24.3 Å². The molecule has 5 rings (SSSR count). The SMILES string of the molecule is COC(=O)[C@@H](NC(=O)c1ccc(C#Cc2ccc(C=O)cc2)cc1)[C@@H](C)NC(=O)OCC1c2ccccc2-c2ccccc21. The van der Waals surface area contributed by atoms with Gasteiger partial charge < -0.3 is 20.1 Å². The van der Waals surface area contributed by atoms with Crippen LogP contribution in [0.15, 0.2) is 97.1 Å². The molecule has 4 aromatic rings. The Hall–Kier alpha value is -5.68. The third-order valence-electron chi connectivity index (χ3n) is 7.48. The Morgan fingerprint density at radius 1 is 0.795 bits per heavy atom. The lowest BCUT2D eigenvalue weighted by Crippen LogP contribution is -2.54. The van der Waals surface area contributed by atoms with Gasteiger partial charge in [0.15, 0.2) is 0 Å². The van der Waals surface area contributed by atoms with Crippen LogP contribution in [0.5, 0.6) is 0 Å². The zero-order valence-corrected chi connectivity index (χ0v) is 24.2. The molecule has 8 heteroatoms. The molecule has 0 radical (unpaired) electrons. The number of aldehydes is 1. The summed E-state index contributed by atoms with van der Waals surface area (Å²) < 4.78 is 10.5. The van der Waals surface area contributed by atoms with Crippen LogP contribution >= 0.6 is 0 Å². The second-order valence-corrected chi connectivity index (χ2v) is 10.3. The predicted octanol–water partition coefficient (Wildman–Crippen LogP) is 5.10. The molecule has 1 aliphatic carbocycles. The molecule has 2 N–H and O–H groups in total. The van der Waals surface area contributed by atoms with Crippen molar-refractivity contribution < 1.29 is 28.7 Å². The Morgan fingerprint density at radius 3 is 1.89 bits per heavy atom. The summed E-state index contributed by atoms with van der Waals surface area (Å²) in [5, 5.41) is 5.31. The van der Waals surface area contributed by atoms with Crippen molar-refractivity contribution in [1.29, 1.82) is 0 Å². The third kappa shape index (κ3) is 6.69. The molecule has 0 saturated heterocycles. The first-order valence-corrected chi connectivity index (χ1v) is 14.1. The number of ether oxygens (including phenoxy) is 2. The van der Waals surface area contributed by atoms with E-state index in [0.717, 1.165) is 34.1 Å². The summed E-state index contributed by atoms with van der Waals surface area (Å²) in [5.74, 6) is 4.66. The average molecular weight is 587 g/mol. The van der Waals surface area contributed by atoms with Gasteiger partial charge in [0.2, 0.25) is 0 Å². The first-order valence-electron chi connectivity index (χ1n) is 14.1. The maximum absolute atomic E-state index is 13.0. The van der Waals surface area contributed by atoms with Crippen molar-refractivity contribution in [2.45, 2.75) is 24.9 Å². The van der Waals surface area contributed by atoms with Crippen LogP contribution in [-0.4, -0.2) is 50.1 Å². The summed E-state index contributed by atoms with van der Waals surface area (Å²) in [7, 11) is 1.21. The second kappa shape index (κ2) is 13.5. The summed E-state index contributed by atoms with van der Waals surface area (Å²) in [6.45, 7) is 1.70. The Morgan fingerprint density at radius 2 is 1.34 bits per heavy atom. The van der Waals surface area contributed by atoms with Crippen molar-refractivity contribution in [3.63, 3.8) is 0 Å². The van der Waals surface area contributed by atoms with Crippen molar-refractivity contribution in [3.8, 4) is 23.0 Å². The van der Waals surface area contributed by atoms with Gasteiger partial charge >= 0.3 is 12.1 Å². The van der Waals surface area contributed by atoms with Gasteiger partial charge in [0, 0.05) is 28.2 Å². The zero-order chi connectivity index (χ0) is 31.1. The van der Waals surface area contributed by atoms with E-state index in [1.54, 1.807) is 55.5 Å². The number of methoxy groups -OCH3 is 1. The Balaban J connectivity index is 1.19. The highest BCUT2D eigenvalue weighted by molar-refractivity contribution is 5.97. The Kier molecular flexibility index (Phi) is 9.16. The van der Waals surface area contributed by atoms with E-state index in [1.165, 1.54) is 7.11 Å². The van der Waals surface area contributed by atoms with Gasteiger partial charge in [-0.05, 0) is 65.6 Å². The monoisotopic (exact) mass is 586 g/mol. The van der Waals surface area contributed by atoms with E-state index in [9.17, 15) is 19.2 Å². The molecule has 44 heavy (non-hydrogen) atoms. The van der Waals surface area contributed by atoms with Gasteiger partial charge in [-0.25, -0.2) is 9.59 Å². The number of alkyl carbamates (subject to hydrolysis) is 1. The van der Waals surface area contributed by atoms with Crippen LogP contribution in [-0.2, 0) is 14.3 Å². The summed E-state index contributed by atoms with van der Waals surface area (Å²) in [4.78, 5) is 49.2. The summed E-state index contributed by atoms with van der Waals surface area (Å²) in [6, 6.07) is 27.5. The molecule has 0 bridgehead atoms. The van der Waals surface area contributed by atoms with Crippen LogP contribution in [0.2, 0.25) is 0 Å². The van der Waals surface area contributed by atoms with E-state index in [-0.39, 0.29) is 12.5 Å². The normalized spacial score (nSPS) is 12.8. The molecule has 220 valence electrons. The van der Waals surface area contributed by atoms with Gasteiger partial charge in [-0.15, -0.1) is 0 Å². The molecule has 2 amide bonds. The highest BCUT2D eigenvalue weighted by atomic mass is 16.5. The van der Waals surface area contributed by atoms with Gasteiger partial charge in [-0.1, -0.05) is 72.5 Å². The maximum Gasteiger partial charge on any atom is 0.407 e. The molecule has 1 aliphatic rings. The number of fused-ring (bicyclic) bond motifs is 3. The van der Waals surface area contributed by atoms with Crippen molar-refractivity contribution in [1.82, 2.24) is 10.6 Å². The molecular weight excluding hydrogens is 556 g/mol. The Bertz CT molecular complexity index is 1710. The van der Waals surface area contributed by atoms with Crippen LogP contribution in [0.4, 0.5) is 4.79 Å². The molecule has 0 aromatic heterocycles. The third-order valence-corrected chi connectivity index (χ3v) is 7.48. The van der Waals surface area contributed by atoms with Crippen molar-refractivity contribution in [2.75, 3.05) is 13.7 Å². The average Bonchev–Trinajstić information content (AvgIpc) is 3.38. The molecule has 0 heterocycles. The smallest absolute Gasteiger partial charge is 0.407 e. The van der Waals surface area contributed by atoms with E-state index >= 15 is 0 Å². The molecule has 4 aromatic carbocycles. The van der Waals surface area contributed by atoms with E-state index in [2.05, 4.69) is 34.6 Å². The first-order chi connectivity index (χ1) is 21.4. The zero-order valence-electron chi connectivity index (χ0n) is 24.2. The van der Waals surface area contributed by atoms with E-state index in [1.807, 2.05) is 36.4 Å². The minimum absolute atomic E-state index is 0.112. The summed E-state index contributed by atoms with van der Waals surface area (Å²) in [5.41, 5.74) is 6.69. The molecule has 0 unspecified atom stereocenters. The number of benzene rings is 4. The quantitative estimate of drug-likeness (QED) is 0.169. The van der Waals surface area contributed by atoms with E-state index < -0.39 is 30.1 Å². The van der Waals surface area contributed by atoms with E-state index in [0.29, 0.717) is 16.7 Å². The van der Waals surface area contributed by atoms with Crippen LogP contribution in [0, 0.1) is 11.8 Å². The second-order valence-electron chi connectivity index (χ2n) is 10.3. The highest BCUT2D eigenvalue weighted by Gasteiger charge is 2.32. The van der Waals surface area contributed by atoms with Crippen LogP contribution in [0.1, 0.15) is 55.8 Å². The van der Waals surface area contributed by atoms with E-state index in [4.69, 9.17) is 9.47 Å². The fourth-order valence-corrected chi connectivity index (χ4v) is 5.14. The molecule has 0 fully saturated rings. The number of carbonyl (C=O) groups excluding carboxylic acids is 4. The fraction of sp³-hybridized carbons (Fsp3) is 0.167. The van der Waals surface area contributed by atoms with Gasteiger partial charge in [0.1, 0.15) is 18.9 Å². The van der Waals surface area contributed by atoms with Gasteiger partial charge in [-0.3, -0.25) is 9.59 Å². The highest BCUT2D eigenvalue weighted by Crippen LogP contribution is 2.44. The number of esters is 1. The van der Waals surface area contributed by atoms with Crippen molar-refractivity contribution in [2.24, 2.45) is 0 Å². The molecule has 0 spiro atoms. The lowest BCUT2D eigenvalue weighted by atomic mass is 9.98. The number of hydrogen-bond donors (Lipinski definition) is 2. The van der Waals surface area contributed by atoms with Crippen LogP contribution in [0.25, 0.3) is 11.1 Å². The minimum atomic E-state index is -1.17. The summed E-state index contributed by atoms with van der Waals surface area (Å²) in [6.07, 6.45) is 0.0514. The van der Waals surface area contributed by atoms with Crippen molar-refractivity contribution in [3.05, 3.63) is 130 Å². The number of amides is 2. The lowest BCUT2D eigenvalue weighted by molar-refractivity contribution is -0.143. The molecule has 2 atom stereocenters. The molecule has 0 saturated carbocycles. The standard InChI is InChI=1S/C36H30N2O6/c1-23(37-36(42)44-22-32-30-9-5-3-7-28(30)29-8-4-6-10-31(29)32)33(35(41)43-2)38-34(40)27-19-17-25(18-20-27)12-11-24-13-15-26(21-39)16-14-24/h3-10,13-21,23,32-33H,22H2,1-2H3,(H,37,42)(H,38,40)/t23-,33+/m1/s1. The minimum Gasteiger partial charge on any atom is -0.467 e. The number of carbonyl (C=O) groups is 4. The number of rotatable bonds is 8. The van der Waals surface area contributed by atoms with Gasteiger partial charge in [0.05, 0.1) is 13.2 Å². The molecule has 8 nitrogen and oxygen atoms in total. The molecule has 0 aliphatic heterocycles. The van der Waals surface area contributed by atoms with Crippen LogP contribution < -0.4 is 10.6 Å². The Labute approximate surface area is 255 Å². The fourth-order valence-electron chi connectivity index (χ4n) is 5.14. The predicted molar refractivity (Wildman–Crippen MR) is 165 cm³/mol. The number of nitrogens with one attached hydrogen (secondary N) is 2. The topological polar surface area (TPSA) is 111 Å². The number of hydrogen-bond acceptors (Lipinski definition) is 6. The van der Waals surface area contributed by atoms with Gasteiger partial charge in [-0.2, -0.15) is 0 Å². The maximum atomic E-state index is 13.0. The molecular formula is C36H30N2O6. The largest absolute Gasteiger partial charge is 0.467 e. The van der Waals surface area contributed by atoms with Gasteiger partial charge in [0.25, 0.3) is 5.91 Å². The summed E-state index contributed by atoms with van der Waals surface area (Å²) >= 11 is 0.